The van der Waals surface area contributed by atoms with Gasteiger partial charge in [0, 0.05) is 44.3 Å². The second-order valence-corrected chi connectivity index (χ2v) is 12.2. The molecular weight excluding hydrogens is 468 g/mol. The number of fused-ring (bicyclic) bond motifs is 1. The molecule has 0 radical (unpaired) electrons. The van der Waals surface area contributed by atoms with Gasteiger partial charge in [0.15, 0.2) is 0 Å². The largest absolute Gasteiger partial charge is 0.496 e. The number of methoxy groups -OCH3 is 1. The fraction of sp³-hybridized carbons (Fsp3) is 0.588. The van der Waals surface area contributed by atoms with E-state index in [9.17, 15) is 0 Å². The van der Waals surface area contributed by atoms with Crippen molar-refractivity contribution in [3.05, 3.63) is 64.2 Å². The van der Waals surface area contributed by atoms with E-state index in [0.29, 0.717) is 12.5 Å². The van der Waals surface area contributed by atoms with Gasteiger partial charge in [-0.2, -0.15) is 0 Å². The van der Waals surface area contributed by atoms with Crippen LogP contribution in [0.25, 0.3) is 5.57 Å². The molecule has 2 aromatic rings. The molecule has 206 valence electrons. The molecule has 2 fully saturated rings. The van der Waals surface area contributed by atoms with E-state index >= 15 is 0 Å². The van der Waals surface area contributed by atoms with Gasteiger partial charge in [-0.3, -0.25) is 9.80 Å². The molecule has 1 aliphatic heterocycles. The fourth-order valence-corrected chi connectivity index (χ4v) is 6.76. The topological polar surface area (TPSA) is 24.9 Å². The summed E-state index contributed by atoms with van der Waals surface area (Å²) in [6, 6.07) is 14.1. The minimum atomic E-state index is 0.525. The second kappa shape index (κ2) is 12.7. The number of hydrogen-bond acceptors (Lipinski definition) is 4. The van der Waals surface area contributed by atoms with Crippen LogP contribution >= 0.6 is 0 Å². The summed E-state index contributed by atoms with van der Waals surface area (Å²) < 4.78 is 11.9. The Kier molecular flexibility index (Phi) is 9.12. The van der Waals surface area contributed by atoms with Crippen LogP contribution in [-0.4, -0.2) is 55.7 Å². The van der Waals surface area contributed by atoms with Crippen molar-refractivity contribution < 1.29 is 9.47 Å². The highest BCUT2D eigenvalue weighted by Gasteiger charge is 2.26. The Hall–Kier alpha value is -2.30. The van der Waals surface area contributed by atoms with Gasteiger partial charge >= 0.3 is 0 Å². The molecule has 0 aromatic heterocycles. The summed E-state index contributed by atoms with van der Waals surface area (Å²) in [7, 11) is 1.75. The average molecular weight is 517 g/mol. The highest BCUT2D eigenvalue weighted by Crippen LogP contribution is 2.34. The van der Waals surface area contributed by atoms with Crippen LogP contribution < -0.4 is 9.47 Å². The Morgan fingerprint density at radius 1 is 0.921 bits per heavy atom. The normalized spacial score (nSPS) is 19.6. The molecule has 4 nitrogen and oxygen atoms in total. The molecule has 0 spiro atoms. The maximum atomic E-state index is 6.26. The molecule has 3 aliphatic rings. The van der Waals surface area contributed by atoms with Crippen LogP contribution in [0, 0.1) is 5.92 Å². The summed E-state index contributed by atoms with van der Waals surface area (Å²) in [5, 5.41) is 0. The Morgan fingerprint density at radius 3 is 2.45 bits per heavy atom. The molecule has 0 amide bonds. The summed E-state index contributed by atoms with van der Waals surface area (Å²) in [5.41, 5.74) is 8.36. The SMILES string of the molecule is COc1cc(CC(C)C)ccc1COc1ccc2c(c1)CCC(CN1CCN(C3CCCCC3)CC1)=C2C. The maximum Gasteiger partial charge on any atom is 0.125 e. The number of hydrogen-bond donors (Lipinski definition) is 0. The summed E-state index contributed by atoms with van der Waals surface area (Å²) in [5.74, 6) is 2.50. The third-order valence-corrected chi connectivity index (χ3v) is 9.01. The number of aryl methyl sites for hydroxylation is 1. The van der Waals surface area contributed by atoms with Crippen molar-refractivity contribution in [2.45, 2.75) is 84.8 Å². The van der Waals surface area contributed by atoms with E-state index in [1.807, 2.05) is 0 Å². The molecule has 1 saturated heterocycles. The lowest BCUT2D eigenvalue weighted by Crippen LogP contribution is -2.51. The Morgan fingerprint density at radius 2 is 1.71 bits per heavy atom. The van der Waals surface area contributed by atoms with Crippen LogP contribution in [0.3, 0.4) is 0 Å². The van der Waals surface area contributed by atoms with Crippen LogP contribution in [-0.2, 0) is 19.4 Å². The van der Waals surface area contributed by atoms with Gasteiger partial charge in [-0.25, -0.2) is 0 Å². The minimum Gasteiger partial charge on any atom is -0.496 e. The standard InChI is InChI=1S/C34H48N2O2/c1-25(2)20-27-10-11-30(34(21-27)37-4)24-38-32-14-15-33-26(3)29(13-12-28(33)22-32)23-35-16-18-36(19-17-35)31-8-6-5-7-9-31/h10-11,14-15,21-22,25,31H,5-9,12-13,16-20,23-24H2,1-4H3. The maximum absolute atomic E-state index is 6.26. The van der Waals surface area contributed by atoms with Crippen molar-refractivity contribution in [3.8, 4) is 11.5 Å². The average Bonchev–Trinajstić information content (AvgIpc) is 2.94. The number of piperazine rings is 1. The third-order valence-electron chi connectivity index (χ3n) is 9.01. The van der Waals surface area contributed by atoms with E-state index < -0.39 is 0 Å². The van der Waals surface area contributed by atoms with Crippen LogP contribution in [0.2, 0.25) is 0 Å². The summed E-state index contributed by atoms with van der Waals surface area (Å²) >= 11 is 0. The number of rotatable bonds is 9. The van der Waals surface area contributed by atoms with E-state index in [0.717, 1.165) is 48.9 Å². The Balaban J connectivity index is 1.18. The molecule has 1 saturated carbocycles. The summed E-state index contributed by atoms with van der Waals surface area (Å²) in [6.45, 7) is 13.4. The molecule has 4 heteroatoms. The summed E-state index contributed by atoms with van der Waals surface area (Å²) in [6.07, 6.45) is 10.5. The summed E-state index contributed by atoms with van der Waals surface area (Å²) in [4.78, 5) is 5.48. The zero-order valence-electron chi connectivity index (χ0n) is 24.2. The van der Waals surface area contributed by atoms with Crippen LogP contribution in [0.5, 0.6) is 11.5 Å². The van der Waals surface area contributed by atoms with Gasteiger partial charge in [-0.15, -0.1) is 0 Å². The first-order chi connectivity index (χ1) is 18.5. The molecule has 0 unspecified atom stereocenters. The van der Waals surface area contributed by atoms with Gasteiger partial charge in [-0.1, -0.05) is 56.9 Å². The third kappa shape index (κ3) is 6.63. The van der Waals surface area contributed by atoms with Gasteiger partial charge in [0.1, 0.15) is 18.1 Å². The lowest BCUT2D eigenvalue weighted by Gasteiger charge is -2.41. The van der Waals surface area contributed by atoms with Gasteiger partial charge in [0.05, 0.1) is 7.11 Å². The molecule has 38 heavy (non-hydrogen) atoms. The quantitative estimate of drug-likeness (QED) is 0.354. The number of nitrogens with zero attached hydrogens (tertiary/aromatic N) is 2. The van der Waals surface area contributed by atoms with Gasteiger partial charge in [-0.05, 0) is 85.4 Å². The number of ether oxygens (including phenoxy) is 2. The van der Waals surface area contributed by atoms with E-state index in [4.69, 9.17) is 9.47 Å². The van der Waals surface area contributed by atoms with Crippen molar-refractivity contribution in [2.24, 2.45) is 5.92 Å². The first kappa shape index (κ1) is 27.3. The van der Waals surface area contributed by atoms with Crippen molar-refractivity contribution in [2.75, 3.05) is 39.8 Å². The zero-order valence-corrected chi connectivity index (χ0v) is 24.2. The monoisotopic (exact) mass is 516 g/mol. The first-order valence-electron chi connectivity index (χ1n) is 15.1. The molecule has 0 atom stereocenters. The predicted molar refractivity (Wildman–Crippen MR) is 158 cm³/mol. The lowest BCUT2D eigenvalue weighted by atomic mass is 9.86. The predicted octanol–water partition coefficient (Wildman–Crippen LogP) is 7.14. The Labute approximate surface area is 231 Å². The molecule has 0 N–H and O–H groups in total. The second-order valence-electron chi connectivity index (χ2n) is 12.2. The van der Waals surface area contributed by atoms with Crippen molar-refractivity contribution in [1.82, 2.24) is 9.80 Å². The van der Waals surface area contributed by atoms with Gasteiger partial charge in [0.25, 0.3) is 0 Å². The van der Waals surface area contributed by atoms with Crippen LogP contribution in [0.15, 0.2) is 42.0 Å². The van der Waals surface area contributed by atoms with E-state index in [1.165, 1.54) is 80.5 Å². The van der Waals surface area contributed by atoms with Crippen molar-refractivity contribution in [3.63, 3.8) is 0 Å². The molecule has 2 aliphatic carbocycles. The molecule has 5 rings (SSSR count). The molecule has 1 heterocycles. The smallest absolute Gasteiger partial charge is 0.125 e. The highest BCUT2D eigenvalue weighted by molar-refractivity contribution is 5.72. The van der Waals surface area contributed by atoms with Gasteiger partial charge < -0.3 is 9.47 Å². The van der Waals surface area contributed by atoms with Gasteiger partial charge in [0.2, 0.25) is 0 Å². The molecule has 0 bridgehead atoms. The highest BCUT2D eigenvalue weighted by atomic mass is 16.5. The number of allylic oxidation sites excluding steroid dienone is 1. The molecule has 2 aromatic carbocycles. The fourth-order valence-electron chi connectivity index (χ4n) is 6.76. The van der Waals surface area contributed by atoms with Crippen LogP contribution in [0.4, 0.5) is 0 Å². The van der Waals surface area contributed by atoms with E-state index in [-0.39, 0.29) is 0 Å². The van der Waals surface area contributed by atoms with E-state index in [2.05, 4.69) is 67.0 Å². The number of benzene rings is 2. The van der Waals surface area contributed by atoms with Crippen molar-refractivity contribution >= 4 is 5.57 Å². The van der Waals surface area contributed by atoms with E-state index in [1.54, 1.807) is 12.7 Å². The lowest BCUT2D eigenvalue weighted by molar-refractivity contribution is 0.0832. The molecular formula is C34H48N2O2. The minimum absolute atomic E-state index is 0.525. The van der Waals surface area contributed by atoms with Crippen LogP contribution in [0.1, 0.15) is 81.5 Å². The first-order valence-corrected chi connectivity index (χ1v) is 15.1. The van der Waals surface area contributed by atoms with Crippen molar-refractivity contribution in [1.29, 1.82) is 0 Å². The Bertz CT molecular complexity index is 1110. The zero-order chi connectivity index (χ0) is 26.5.